The third-order valence-corrected chi connectivity index (χ3v) is 16.2. The molecule has 13 nitrogen and oxygen atoms in total. The fourth-order valence-corrected chi connectivity index (χ4v) is 10.2. The number of pyridine rings is 3. The number of carbonyl (C=O) groups is 1. The summed E-state index contributed by atoms with van der Waals surface area (Å²) in [5, 5.41) is 4.44. The highest BCUT2D eigenvalue weighted by molar-refractivity contribution is 9.10. The zero-order valence-electron chi connectivity index (χ0n) is 44.4. The average molecular weight is 1300 g/mol. The number of amides is 1. The van der Waals surface area contributed by atoms with Crippen molar-refractivity contribution >= 4 is 103 Å². The Morgan fingerprint density at radius 2 is 1.04 bits per heavy atom. The van der Waals surface area contributed by atoms with Gasteiger partial charge in [0.15, 0.2) is 0 Å². The molecule has 5 aliphatic heterocycles. The summed E-state index contributed by atoms with van der Waals surface area (Å²) in [7, 11) is -0.363. The normalized spacial score (nSPS) is 14.9. The van der Waals surface area contributed by atoms with Crippen molar-refractivity contribution in [2.75, 3.05) is 43.2 Å². The van der Waals surface area contributed by atoms with Gasteiger partial charge in [0, 0.05) is 91.0 Å². The quantitative estimate of drug-likeness (QED) is 0.139. The summed E-state index contributed by atoms with van der Waals surface area (Å²) in [5.41, 5.74) is 18.8. The smallest absolute Gasteiger partial charge is 0.493 e. The Morgan fingerprint density at radius 3 is 1.52 bits per heavy atom. The topological polar surface area (TPSA) is 175 Å². The lowest BCUT2D eigenvalue weighted by atomic mass is 9.80. The predicted octanol–water partition coefficient (Wildman–Crippen LogP) is 14.8. The van der Waals surface area contributed by atoms with Crippen LogP contribution < -0.4 is 41.2 Å². The van der Waals surface area contributed by atoms with Crippen LogP contribution >= 0.6 is 66.7 Å². The van der Waals surface area contributed by atoms with E-state index in [0.29, 0.717) is 23.3 Å². The predicted molar refractivity (Wildman–Crippen MR) is 329 cm³/mol. The molecule has 0 atom stereocenters. The van der Waals surface area contributed by atoms with Gasteiger partial charge in [-0.1, -0.05) is 76.4 Å². The van der Waals surface area contributed by atoms with E-state index >= 15 is 0 Å². The number of nitrogen functional groups attached to an aromatic ring is 2. The van der Waals surface area contributed by atoms with E-state index in [4.69, 9.17) is 74.5 Å². The molecule has 3 aromatic heterocycles. The van der Waals surface area contributed by atoms with Crippen molar-refractivity contribution in [3.05, 3.63) is 191 Å². The maximum atomic E-state index is 13.7. The number of rotatable bonds is 5. The summed E-state index contributed by atoms with van der Waals surface area (Å²) >= 11 is 25.2. The molecule has 0 bridgehead atoms. The molecule has 5 N–H and O–H groups in total. The first-order valence-corrected chi connectivity index (χ1v) is 28.4. The van der Waals surface area contributed by atoms with E-state index in [1.165, 1.54) is 35.0 Å². The molecule has 5 aliphatic rings. The van der Waals surface area contributed by atoms with E-state index in [1.54, 1.807) is 30.6 Å². The first-order chi connectivity index (χ1) is 38.7. The van der Waals surface area contributed by atoms with Crippen LogP contribution in [0.4, 0.5) is 26.2 Å². The Hall–Kier alpha value is -6.51. The number of hydrogen-bond donors (Lipinski definition) is 3. The van der Waals surface area contributed by atoms with Gasteiger partial charge in [-0.3, -0.25) is 4.79 Å². The van der Waals surface area contributed by atoms with Crippen molar-refractivity contribution in [3.63, 3.8) is 0 Å². The van der Waals surface area contributed by atoms with Gasteiger partial charge < -0.3 is 45.0 Å². The van der Waals surface area contributed by atoms with Crippen LogP contribution in [0, 0.1) is 11.6 Å². The van der Waals surface area contributed by atoms with Gasteiger partial charge in [-0.2, -0.15) is 0 Å². The maximum Gasteiger partial charge on any atom is 0.496 e. The van der Waals surface area contributed by atoms with Gasteiger partial charge in [-0.05, 0) is 157 Å². The van der Waals surface area contributed by atoms with Gasteiger partial charge in [0.2, 0.25) is 0 Å². The fourth-order valence-electron chi connectivity index (χ4n) is 8.76. The van der Waals surface area contributed by atoms with Gasteiger partial charge >= 0.3 is 7.12 Å². The number of nitrogens with two attached hydrogens (primary N) is 2. The summed E-state index contributed by atoms with van der Waals surface area (Å²) in [6.07, 6.45) is 8.72. The minimum Gasteiger partial charge on any atom is -0.493 e. The van der Waals surface area contributed by atoms with Crippen LogP contribution in [0.1, 0.15) is 67.7 Å². The lowest BCUT2D eigenvalue weighted by Crippen LogP contribution is -2.41. The summed E-state index contributed by atoms with van der Waals surface area (Å²) in [4.78, 5) is 24.4. The number of aromatic nitrogens is 3. The van der Waals surface area contributed by atoms with Crippen molar-refractivity contribution in [1.82, 2.24) is 15.0 Å². The molecule has 1 fully saturated rings. The Labute approximate surface area is 507 Å². The SMILES string of the molecule is Brc1ccc2c(c1)OCC2.C.CC1(C)OB(c2ccc(N)nc2)OC1(C)C.Clc1cc2c(cc1Br)OCC2.Nc1ccc(-c2cc3c(cc2Cl)CCO3)cn1.O=C(Nc1ccc(-c2cc3c(cc2Cl)CCO3)cn1)c1c(F)cccc1F. The maximum absolute atomic E-state index is 13.7. The number of hydrogen-bond acceptors (Lipinski definition) is 12. The molecule has 21 heteroatoms. The summed E-state index contributed by atoms with van der Waals surface area (Å²) in [6, 6.07) is 31.5. The van der Waals surface area contributed by atoms with Gasteiger partial charge in [0.05, 0.1) is 42.7 Å². The van der Waals surface area contributed by atoms with Crippen LogP contribution in [-0.2, 0) is 35.0 Å². The van der Waals surface area contributed by atoms with Crippen LogP contribution in [0.25, 0.3) is 22.3 Å². The Morgan fingerprint density at radius 1 is 0.573 bits per heavy atom. The van der Waals surface area contributed by atoms with Crippen LogP contribution in [0.5, 0.6) is 23.0 Å². The highest BCUT2D eigenvalue weighted by Gasteiger charge is 2.51. The Balaban J connectivity index is 0.000000140. The Bertz CT molecular complexity index is 3530. The fraction of sp³-hybridized carbons (Fsp3) is 0.246. The number of ether oxygens (including phenoxy) is 4. The van der Waals surface area contributed by atoms with E-state index in [2.05, 4.69) is 58.2 Å². The molecular weight excluding hydrogens is 1240 g/mol. The molecule has 8 aromatic rings. The van der Waals surface area contributed by atoms with Gasteiger partial charge in [-0.15, -0.1) is 0 Å². The van der Waals surface area contributed by atoms with Crippen molar-refractivity contribution in [2.45, 2.75) is 72.0 Å². The van der Waals surface area contributed by atoms with Gasteiger partial charge in [0.25, 0.3) is 5.91 Å². The van der Waals surface area contributed by atoms with Crippen LogP contribution in [0.15, 0.2) is 137 Å². The van der Waals surface area contributed by atoms with E-state index in [9.17, 15) is 13.6 Å². The van der Waals surface area contributed by atoms with Crippen LogP contribution in [0.2, 0.25) is 15.1 Å². The minimum absolute atomic E-state index is 0. The molecule has 426 valence electrons. The van der Waals surface area contributed by atoms with Crippen LogP contribution in [0.3, 0.4) is 0 Å². The summed E-state index contributed by atoms with van der Waals surface area (Å²) in [5.74, 6) is 2.10. The minimum atomic E-state index is -0.936. The third-order valence-electron chi connectivity index (χ3n) is 13.9. The average Bonchev–Trinajstić information content (AvgIpc) is 4.45. The van der Waals surface area contributed by atoms with Gasteiger partial charge in [0.1, 0.15) is 57.6 Å². The van der Waals surface area contributed by atoms with Crippen LogP contribution in [-0.4, -0.2) is 65.6 Å². The second kappa shape index (κ2) is 26.8. The lowest BCUT2D eigenvalue weighted by Gasteiger charge is -2.32. The number of fused-ring (bicyclic) bond motifs is 4. The highest BCUT2D eigenvalue weighted by atomic mass is 79.9. The molecule has 82 heavy (non-hydrogen) atoms. The van der Waals surface area contributed by atoms with Crippen molar-refractivity contribution in [1.29, 1.82) is 0 Å². The highest BCUT2D eigenvalue weighted by Crippen LogP contribution is 2.40. The van der Waals surface area contributed by atoms with Crippen molar-refractivity contribution in [2.24, 2.45) is 0 Å². The van der Waals surface area contributed by atoms with E-state index < -0.39 is 23.1 Å². The first kappa shape index (κ1) is 61.6. The second-order valence-corrected chi connectivity index (χ2v) is 23.0. The third kappa shape index (κ3) is 14.8. The molecule has 0 radical (unpaired) electrons. The lowest BCUT2D eigenvalue weighted by molar-refractivity contribution is 0.00578. The van der Waals surface area contributed by atoms with Crippen molar-refractivity contribution in [3.8, 4) is 45.3 Å². The zero-order chi connectivity index (χ0) is 57.6. The monoisotopic (exact) mass is 1300 g/mol. The standard InChI is InChI=1S/C20H13ClF2N2O2.C13H11ClN2O.C11H17BN2O2.C8H6BrClO.C8H7BrO.CH4/c21-14-8-11-6-7-27-17(11)9-13(14)12-4-5-18(24-10-12)25-20(26)19-15(22)2-1-3-16(19)23;14-11-5-8-3-4-17-12(8)6-10(11)9-1-2-13(15)16-7-9;1-10(2)11(3,4)16-12(15-10)8-5-6-9(13)14-7-8;9-6-4-8-5(1-2-11-8)3-7(6)10;9-7-2-1-6-3-4-10-8(6)5-7;/h1-5,8-10H,6-7H2,(H,24,25,26);1-2,5-7H,3-4H2,(H2,15,16);5-7H,1-4H3,(H2,13,14);3-4H,1-2H2;1-2,5H,3-4H2;1H4. The molecule has 5 aromatic carbocycles. The number of halogens is 7. The molecule has 0 aliphatic carbocycles. The zero-order valence-corrected chi connectivity index (χ0v) is 49.8. The summed E-state index contributed by atoms with van der Waals surface area (Å²) < 4.78 is 62.9. The Kier molecular flexibility index (Phi) is 20.1. The number of nitrogens with one attached hydrogen (secondary N) is 1. The first-order valence-electron chi connectivity index (χ1n) is 25.6. The largest absolute Gasteiger partial charge is 0.496 e. The molecule has 0 unspecified atom stereocenters. The molecule has 1 saturated heterocycles. The molecular formula is C61H58BBr2Cl3F2N6O7. The number of nitrogens with zero attached hydrogens (tertiary/aromatic N) is 3. The molecule has 13 rings (SSSR count). The molecule has 1 amide bonds. The van der Waals surface area contributed by atoms with E-state index in [0.717, 1.165) is 133 Å². The van der Waals surface area contributed by atoms with Crippen molar-refractivity contribution < 1.29 is 41.8 Å². The molecule has 0 saturated carbocycles. The van der Waals surface area contributed by atoms with E-state index in [-0.39, 0.29) is 31.6 Å². The van der Waals surface area contributed by atoms with Gasteiger partial charge in [-0.25, -0.2) is 23.7 Å². The number of carbonyl (C=O) groups excluding carboxylic acids is 1. The second-order valence-electron chi connectivity index (χ2n) is 20.0. The van der Waals surface area contributed by atoms with E-state index in [1.807, 2.05) is 88.4 Å². The molecule has 0 spiro atoms. The summed E-state index contributed by atoms with van der Waals surface area (Å²) in [6.45, 7) is 11.1. The number of benzene rings is 5. The molecule has 8 heterocycles. The number of anilines is 3.